The number of rotatable bonds is 5. The Bertz CT molecular complexity index is 667. The Labute approximate surface area is 142 Å². The SMILES string of the molecule is O=C(Cc1ccncc1)N1CCN(Cc2ccccc2CO)CC1. The molecule has 0 bridgehead atoms. The molecule has 1 amide bonds. The fourth-order valence-electron chi connectivity index (χ4n) is 3.05. The van der Waals surface area contributed by atoms with Crippen LogP contribution in [-0.2, 0) is 24.4 Å². The van der Waals surface area contributed by atoms with Crippen molar-refractivity contribution in [3.63, 3.8) is 0 Å². The summed E-state index contributed by atoms with van der Waals surface area (Å²) in [5.41, 5.74) is 3.15. The standard InChI is InChI=1S/C19H23N3O2/c23-15-18-4-2-1-3-17(18)14-21-9-11-22(12-10-21)19(24)13-16-5-7-20-8-6-16/h1-8,23H,9-15H2. The van der Waals surface area contributed by atoms with E-state index in [0.29, 0.717) is 6.42 Å². The molecule has 1 fully saturated rings. The van der Waals surface area contributed by atoms with Gasteiger partial charge in [-0.3, -0.25) is 14.7 Å². The number of piperazine rings is 1. The van der Waals surface area contributed by atoms with Gasteiger partial charge in [0.15, 0.2) is 0 Å². The van der Waals surface area contributed by atoms with Gasteiger partial charge >= 0.3 is 0 Å². The third-order valence-electron chi connectivity index (χ3n) is 4.51. The maximum Gasteiger partial charge on any atom is 0.227 e. The minimum absolute atomic E-state index is 0.0700. The Morgan fingerprint density at radius 1 is 1.00 bits per heavy atom. The van der Waals surface area contributed by atoms with Gasteiger partial charge in [-0.2, -0.15) is 0 Å². The van der Waals surface area contributed by atoms with Gasteiger partial charge in [0, 0.05) is 45.1 Å². The number of aliphatic hydroxyl groups is 1. The molecule has 5 nitrogen and oxygen atoms in total. The molecule has 0 saturated carbocycles. The number of hydrogen-bond acceptors (Lipinski definition) is 4. The van der Waals surface area contributed by atoms with Crippen molar-refractivity contribution >= 4 is 5.91 Å². The first-order valence-corrected chi connectivity index (χ1v) is 8.33. The van der Waals surface area contributed by atoms with Crippen LogP contribution in [0.3, 0.4) is 0 Å². The second-order valence-electron chi connectivity index (χ2n) is 6.12. The highest BCUT2D eigenvalue weighted by Gasteiger charge is 2.21. The Kier molecular flexibility index (Phi) is 5.56. The minimum Gasteiger partial charge on any atom is -0.392 e. The normalized spacial score (nSPS) is 15.5. The van der Waals surface area contributed by atoms with Gasteiger partial charge in [-0.05, 0) is 28.8 Å². The summed E-state index contributed by atoms with van der Waals surface area (Å²) in [5, 5.41) is 9.43. The Morgan fingerprint density at radius 3 is 2.33 bits per heavy atom. The summed E-state index contributed by atoms with van der Waals surface area (Å²) in [6.45, 7) is 4.13. The predicted molar refractivity (Wildman–Crippen MR) is 92.2 cm³/mol. The van der Waals surface area contributed by atoms with Crippen molar-refractivity contribution < 1.29 is 9.90 Å². The van der Waals surface area contributed by atoms with E-state index in [0.717, 1.165) is 49.4 Å². The molecule has 0 spiro atoms. The van der Waals surface area contributed by atoms with Crippen molar-refractivity contribution in [3.05, 3.63) is 65.5 Å². The van der Waals surface area contributed by atoms with E-state index in [2.05, 4.69) is 16.0 Å². The van der Waals surface area contributed by atoms with Crippen LogP contribution >= 0.6 is 0 Å². The molecule has 24 heavy (non-hydrogen) atoms. The van der Waals surface area contributed by atoms with E-state index in [9.17, 15) is 9.90 Å². The molecule has 2 aromatic rings. The molecule has 2 heterocycles. The summed E-state index contributed by atoms with van der Waals surface area (Å²) < 4.78 is 0. The first-order valence-electron chi connectivity index (χ1n) is 8.33. The zero-order chi connectivity index (χ0) is 16.8. The van der Waals surface area contributed by atoms with Gasteiger partial charge in [-0.25, -0.2) is 0 Å². The largest absolute Gasteiger partial charge is 0.392 e. The molecule has 126 valence electrons. The van der Waals surface area contributed by atoms with Crippen molar-refractivity contribution in [2.24, 2.45) is 0 Å². The molecule has 0 radical (unpaired) electrons. The second kappa shape index (κ2) is 8.04. The summed E-state index contributed by atoms with van der Waals surface area (Å²) in [4.78, 5) is 20.6. The zero-order valence-electron chi connectivity index (χ0n) is 13.8. The minimum atomic E-state index is 0.0700. The summed E-state index contributed by atoms with van der Waals surface area (Å²) in [6.07, 6.45) is 3.88. The van der Waals surface area contributed by atoms with Crippen LogP contribution in [0.15, 0.2) is 48.8 Å². The van der Waals surface area contributed by atoms with Crippen LogP contribution in [0.5, 0.6) is 0 Å². The number of pyridine rings is 1. The summed E-state index contributed by atoms with van der Waals surface area (Å²) in [5.74, 6) is 0.177. The molecule has 1 N–H and O–H groups in total. The number of aromatic nitrogens is 1. The van der Waals surface area contributed by atoms with E-state index in [1.807, 2.05) is 35.2 Å². The van der Waals surface area contributed by atoms with Crippen molar-refractivity contribution in [1.82, 2.24) is 14.8 Å². The van der Waals surface area contributed by atoms with Crippen molar-refractivity contribution in [3.8, 4) is 0 Å². The van der Waals surface area contributed by atoms with Crippen LogP contribution in [0, 0.1) is 0 Å². The molecule has 1 saturated heterocycles. The molecule has 3 rings (SSSR count). The summed E-state index contributed by atoms with van der Waals surface area (Å²) in [7, 11) is 0. The number of nitrogens with zero attached hydrogens (tertiary/aromatic N) is 3. The number of carbonyl (C=O) groups is 1. The van der Waals surface area contributed by atoms with E-state index in [1.54, 1.807) is 12.4 Å². The smallest absolute Gasteiger partial charge is 0.227 e. The Balaban J connectivity index is 1.51. The summed E-state index contributed by atoms with van der Waals surface area (Å²) >= 11 is 0. The number of benzene rings is 1. The molecule has 1 aliphatic heterocycles. The van der Waals surface area contributed by atoms with Crippen LogP contribution in [0.2, 0.25) is 0 Å². The van der Waals surface area contributed by atoms with E-state index in [4.69, 9.17) is 0 Å². The first-order chi connectivity index (χ1) is 11.8. The number of hydrogen-bond donors (Lipinski definition) is 1. The Morgan fingerprint density at radius 2 is 1.67 bits per heavy atom. The average Bonchev–Trinajstić information content (AvgIpc) is 2.63. The van der Waals surface area contributed by atoms with Crippen LogP contribution < -0.4 is 0 Å². The maximum atomic E-state index is 12.4. The number of carbonyl (C=O) groups excluding carboxylic acids is 1. The molecular formula is C19H23N3O2. The Hall–Kier alpha value is -2.24. The lowest BCUT2D eigenvalue weighted by molar-refractivity contribution is -0.132. The van der Waals surface area contributed by atoms with Gasteiger partial charge in [-0.1, -0.05) is 24.3 Å². The van der Waals surface area contributed by atoms with Crippen molar-refractivity contribution in [2.45, 2.75) is 19.6 Å². The topological polar surface area (TPSA) is 56.7 Å². The monoisotopic (exact) mass is 325 g/mol. The van der Waals surface area contributed by atoms with Gasteiger partial charge in [-0.15, -0.1) is 0 Å². The summed E-state index contributed by atoms with van der Waals surface area (Å²) in [6, 6.07) is 11.8. The molecule has 0 atom stereocenters. The fourth-order valence-corrected chi connectivity index (χ4v) is 3.05. The third kappa shape index (κ3) is 4.19. The van der Waals surface area contributed by atoms with Crippen LogP contribution in [0.25, 0.3) is 0 Å². The molecule has 1 aromatic carbocycles. The predicted octanol–water partition coefficient (Wildman–Crippen LogP) is 1.46. The number of amides is 1. The van der Waals surface area contributed by atoms with E-state index in [-0.39, 0.29) is 12.5 Å². The zero-order valence-corrected chi connectivity index (χ0v) is 13.8. The van der Waals surface area contributed by atoms with Gasteiger partial charge in [0.2, 0.25) is 5.91 Å². The molecule has 0 unspecified atom stereocenters. The maximum absolute atomic E-state index is 12.4. The van der Waals surface area contributed by atoms with Crippen LogP contribution in [-0.4, -0.2) is 52.0 Å². The molecule has 0 aliphatic carbocycles. The molecule has 1 aromatic heterocycles. The quantitative estimate of drug-likeness (QED) is 0.904. The van der Waals surface area contributed by atoms with Crippen LogP contribution in [0.4, 0.5) is 0 Å². The molecule has 1 aliphatic rings. The molecule has 5 heteroatoms. The van der Waals surface area contributed by atoms with E-state index < -0.39 is 0 Å². The third-order valence-corrected chi connectivity index (χ3v) is 4.51. The highest BCUT2D eigenvalue weighted by atomic mass is 16.3. The fraction of sp³-hybridized carbons (Fsp3) is 0.368. The van der Waals surface area contributed by atoms with Crippen molar-refractivity contribution in [1.29, 1.82) is 0 Å². The lowest BCUT2D eigenvalue weighted by atomic mass is 10.1. The highest BCUT2D eigenvalue weighted by molar-refractivity contribution is 5.78. The van der Waals surface area contributed by atoms with E-state index >= 15 is 0 Å². The lowest BCUT2D eigenvalue weighted by Gasteiger charge is -2.35. The van der Waals surface area contributed by atoms with Crippen LogP contribution in [0.1, 0.15) is 16.7 Å². The number of aliphatic hydroxyl groups excluding tert-OH is 1. The highest BCUT2D eigenvalue weighted by Crippen LogP contribution is 2.14. The van der Waals surface area contributed by atoms with Gasteiger partial charge in [0.25, 0.3) is 0 Å². The molecular weight excluding hydrogens is 302 g/mol. The lowest BCUT2D eigenvalue weighted by Crippen LogP contribution is -2.48. The van der Waals surface area contributed by atoms with Gasteiger partial charge in [0.1, 0.15) is 0 Å². The van der Waals surface area contributed by atoms with E-state index in [1.165, 1.54) is 0 Å². The average molecular weight is 325 g/mol. The second-order valence-corrected chi connectivity index (χ2v) is 6.12. The van der Waals surface area contributed by atoms with Gasteiger partial charge < -0.3 is 10.0 Å². The van der Waals surface area contributed by atoms with Gasteiger partial charge in [0.05, 0.1) is 13.0 Å². The van der Waals surface area contributed by atoms with Crippen molar-refractivity contribution in [2.75, 3.05) is 26.2 Å². The first kappa shape index (κ1) is 16.6.